The van der Waals surface area contributed by atoms with Crippen molar-refractivity contribution in [2.75, 3.05) is 19.0 Å². The Hall–Kier alpha value is -2.80. The number of ether oxygens (including phenoxy) is 1. The van der Waals surface area contributed by atoms with Gasteiger partial charge < -0.3 is 10.1 Å². The summed E-state index contributed by atoms with van der Waals surface area (Å²) in [6.07, 6.45) is 0.147. The molecule has 0 unspecified atom stereocenters. The molecule has 0 aliphatic carbocycles. The zero-order valence-corrected chi connectivity index (χ0v) is 16.0. The molecule has 6 nitrogen and oxygen atoms in total. The summed E-state index contributed by atoms with van der Waals surface area (Å²) in [5.74, 6) is 0.405. The van der Waals surface area contributed by atoms with Crippen LogP contribution in [0.1, 0.15) is 13.3 Å². The van der Waals surface area contributed by atoms with Crippen molar-refractivity contribution in [3.05, 3.63) is 54.6 Å². The number of benzene rings is 2. The van der Waals surface area contributed by atoms with E-state index in [1.165, 1.54) is 11.8 Å². The summed E-state index contributed by atoms with van der Waals surface area (Å²) in [4.78, 5) is 31.4. The van der Waals surface area contributed by atoms with Crippen LogP contribution in [0.15, 0.2) is 59.6 Å². The molecule has 0 bridgehead atoms. The number of nitrogens with one attached hydrogen (secondary N) is 1. The normalized spacial score (nSPS) is 18.4. The standard InChI is InChI=1S/C20H21N3O3S/c1-3-23-18(24)13-17(27-20(23)22-14-7-5-4-6-8-14)19(25)21-15-9-11-16(26-2)12-10-15/h4-12,17H,3,13H2,1-2H3,(H,21,25)/t17-/m0/s1. The number of amidine groups is 1. The Balaban J connectivity index is 1.76. The van der Waals surface area contributed by atoms with Crippen LogP contribution in [-0.2, 0) is 9.59 Å². The van der Waals surface area contributed by atoms with Gasteiger partial charge in [-0.15, -0.1) is 0 Å². The molecule has 2 aromatic rings. The molecule has 1 heterocycles. The summed E-state index contributed by atoms with van der Waals surface area (Å²) < 4.78 is 5.12. The van der Waals surface area contributed by atoms with Crippen LogP contribution in [0.2, 0.25) is 0 Å². The van der Waals surface area contributed by atoms with Crippen molar-refractivity contribution in [1.82, 2.24) is 4.90 Å². The SMILES string of the molecule is CCN1C(=O)C[C@@H](C(=O)Nc2ccc(OC)cc2)SC1=Nc1ccccc1. The lowest BCUT2D eigenvalue weighted by Crippen LogP contribution is -2.45. The van der Waals surface area contributed by atoms with Crippen molar-refractivity contribution in [3.8, 4) is 5.75 Å². The van der Waals surface area contributed by atoms with Crippen molar-refractivity contribution < 1.29 is 14.3 Å². The maximum absolute atomic E-state index is 12.7. The lowest BCUT2D eigenvalue weighted by atomic mass is 10.2. The topological polar surface area (TPSA) is 71.0 Å². The Bertz CT molecular complexity index is 837. The van der Waals surface area contributed by atoms with E-state index in [1.807, 2.05) is 37.3 Å². The van der Waals surface area contributed by atoms with E-state index in [-0.39, 0.29) is 18.2 Å². The Morgan fingerprint density at radius 3 is 2.56 bits per heavy atom. The van der Waals surface area contributed by atoms with E-state index in [2.05, 4.69) is 10.3 Å². The van der Waals surface area contributed by atoms with Gasteiger partial charge in [-0.1, -0.05) is 30.0 Å². The molecule has 1 aliphatic heterocycles. The first-order valence-corrected chi connectivity index (χ1v) is 9.54. The van der Waals surface area contributed by atoms with Gasteiger partial charge in [-0.3, -0.25) is 14.5 Å². The first kappa shape index (κ1) is 19.0. The monoisotopic (exact) mass is 383 g/mol. The van der Waals surface area contributed by atoms with E-state index in [4.69, 9.17) is 4.74 Å². The number of para-hydroxylation sites is 1. The molecule has 1 aliphatic rings. The van der Waals surface area contributed by atoms with Crippen LogP contribution in [0.4, 0.5) is 11.4 Å². The number of methoxy groups -OCH3 is 1. The van der Waals surface area contributed by atoms with Crippen molar-refractivity contribution in [3.63, 3.8) is 0 Å². The van der Waals surface area contributed by atoms with Gasteiger partial charge in [0.1, 0.15) is 11.0 Å². The van der Waals surface area contributed by atoms with Gasteiger partial charge in [-0.2, -0.15) is 0 Å². The third kappa shape index (κ3) is 4.68. The fourth-order valence-corrected chi connectivity index (χ4v) is 3.83. The molecule has 1 saturated heterocycles. The van der Waals surface area contributed by atoms with Gasteiger partial charge in [-0.05, 0) is 43.3 Å². The minimum atomic E-state index is -0.523. The van der Waals surface area contributed by atoms with Crippen LogP contribution in [0, 0.1) is 0 Å². The van der Waals surface area contributed by atoms with E-state index in [9.17, 15) is 9.59 Å². The van der Waals surface area contributed by atoms with Gasteiger partial charge in [0.05, 0.1) is 12.8 Å². The number of carbonyl (C=O) groups is 2. The highest BCUT2D eigenvalue weighted by Crippen LogP contribution is 2.29. The molecule has 1 atom stereocenters. The highest BCUT2D eigenvalue weighted by molar-refractivity contribution is 8.15. The summed E-state index contributed by atoms with van der Waals surface area (Å²) in [5, 5.41) is 2.89. The van der Waals surface area contributed by atoms with E-state index < -0.39 is 5.25 Å². The Morgan fingerprint density at radius 2 is 1.93 bits per heavy atom. The number of rotatable bonds is 5. The number of carbonyl (C=O) groups excluding carboxylic acids is 2. The molecule has 0 radical (unpaired) electrons. The summed E-state index contributed by atoms with van der Waals surface area (Å²) in [6, 6.07) is 16.5. The summed E-state index contributed by atoms with van der Waals surface area (Å²) in [6.45, 7) is 2.42. The lowest BCUT2D eigenvalue weighted by Gasteiger charge is -2.30. The van der Waals surface area contributed by atoms with E-state index in [0.717, 1.165) is 5.69 Å². The molecule has 1 N–H and O–H groups in total. The molecule has 7 heteroatoms. The van der Waals surface area contributed by atoms with Crippen molar-refractivity contribution >= 4 is 40.1 Å². The van der Waals surface area contributed by atoms with Crippen LogP contribution in [-0.4, -0.2) is 40.8 Å². The highest BCUT2D eigenvalue weighted by atomic mass is 32.2. The molecule has 2 amide bonds. The van der Waals surface area contributed by atoms with E-state index in [1.54, 1.807) is 36.3 Å². The fourth-order valence-electron chi connectivity index (χ4n) is 2.66. The molecule has 0 aromatic heterocycles. The van der Waals surface area contributed by atoms with E-state index >= 15 is 0 Å². The molecule has 0 saturated carbocycles. The average Bonchev–Trinajstić information content (AvgIpc) is 2.69. The highest BCUT2D eigenvalue weighted by Gasteiger charge is 2.35. The predicted octanol–water partition coefficient (Wildman–Crippen LogP) is 3.68. The first-order valence-electron chi connectivity index (χ1n) is 8.66. The van der Waals surface area contributed by atoms with Gasteiger partial charge in [-0.25, -0.2) is 4.99 Å². The molecule has 1 fully saturated rings. The maximum atomic E-state index is 12.7. The second-order valence-corrected chi connectivity index (χ2v) is 7.07. The fraction of sp³-hybridized carbons (Fsp3) is 0.250. The smallest absolute Gasteiger partial charge is 0.238 e. The van der Waals surface area contributed by atoms with Crippen molar-refractivity contribution in [2.45, 2.75) is 18.6 Å². The number of aliphatic imine (C=N–C) groups is 1. The molecular formula is C20H21N3O3S. The van der Waals surface area contributed by atoms with E-state index in [0.29, 0.717) is 23.1 Å². The van der Waals surface area contributed by atoms with Crippen LogP contribution in [0.5, 0.6) is 5.75 Å². The molecule has 140 valence electrons. The second-order valence-electron chi connectivity index (χ2n) is 5.90. The summed E-state index contributed by atoms with van der Waals surface area (Å²) in [7, 11) is 1.59. The van der Waals surface area contributed by atoms with Crippen LogP contribution in [0.3, 0.4) is 0 Å². The van der Waals surface area contributed by atoms with Crippen molar-refractivity contribution in [1.29, 1.82) is 0 Å². The number of amides is 2. The quantitative estimate of drug-likeness (QED) is 0.855. The zero-order valence-electron chi connectivity index (χ0n) is 15.2. The van der Waals surface area contributed by atoms with Gasteiger partial charge >= 0.3 is 0 Å². The van der Waals surface area contributed by atoms with Crippen LogP contribution < -0.4 is 10.1 Å². The predicted molar refractivity (Wildman–Crippen MR) is 109 cm³/mol. The summed E-state index contributed by atoms with van der Waals surface area (Å²) >= 11 is 1.32. The third-order valence-electron chi connectivity index (χ3n) is 4.09. The zero-order chi connectivity index (χ0) is 19.2. The molecule has 3 rings (SSSR count). The largest absolute Gasteiger partial charge is 0.497 e. The number of thioether (sulfide) groups is 1. The van der Waals surface area contributed by atoms with Crippen LogP contribution >= 0.6 is 11.8 Å². The molecular weight excluding hydrogens is 362 g/mol. The number of nitrogens with zero attached hydrogens (tertiary/aromatic N) is 2. The Kier molecular flexibility index (Phi) is 6.13. The molecule has 2 aromatic carbocycles. The average molecular weight is 383 g/mol. The van der Waals surface area contributed by atoms with Gasteiger partial charge in [0.15, 0.2) is 5.17 Å². The lowest BCUT2D eigenvalue weighted by molar-refractivity contribution is -0.129. The first-order chi connectivity index (χ1) is 13.1. The molecule has 0 spiro atoms. The molecule has 27 heavy (non-hydrogen) atoms. The number of hydrogen-bond acceptors (Lipinski definition) is 5. The number of anilines is 1. The van der Waals surface area contributed by atoms with Gasteiger partial charge in [0, 0.05) is 18.7 Å². The number of hydrogen-bond donors (Lipinski definition) is 1. The maximum Gasteiger partial charge on any atom is 0.238 e. The third-order valence-corrected chi connectivity index (χ3v) is 5.27. The second kappa shape index (κ2) is 8.73. The van der Waals surface area contributed by atoms with Gasteiger partial charge in [0.25, 0.3) is 0 Å². The Labute approximate surface area is 162 Å². The van der Waals surface area contributed by atoms with Gasteiger partial charge in [0.2, 0.25) is 11.8 Å². The van der Waals surface area contributed by atoms with Crippen molar-refractivity contribution in [2.24, 2.45) is 4.99 Å². The minimum absolute atomic E-state index is 0.0965. The Morgan fingerprint density at radius 1 is 1.22 bits per heavy atom. The minimum Gasteiger partial charge on any atom is -0.497 e. The summed E-state index contributed by atoms with van der Waals surface area (Å²) in [5.41, 5.74) is 1.41. The van der Waals surface area contributed by atoms with Crippen LogP contribution in [0.25, 0.3) is 0 Å².